The van der Waals surface area contributed by atoms with Gasteiger partial charge in [0, 0.05) is 12.1 Å². The van der Waals surface area contributed by atoms with Gasteiger partial charge in [0.05, 0.1) is 10.1 Å². The lowest BCUT2D eigenvalue weighted by Crippen LogP contribution is -2.03. The average Bonchev–Trinajstić information content (AvgIpc) is 3.43. The molecule has 0 aliphatic rings. The van der Waals surface area contributed by atoms with Crippen molar-refractivity contribution in [1.82, 2.24) is 24.9 Å². The van der Waals surface area contributed by atoms with E-state index in [9.17, 15) is 0 Å². The Labute approximate surface area is 172 Å². The summed E-state index contributed by atoms with van der Waals surface area (Å²) in [5.74, 6) is 2.12. The Kier molecular flexibility index (Phi) is 5.59. The summed E-state index contributed by atoms with van der Waals surface area (Å²) < 4.78 is 7.67. The number of hydrogen-bond acceptors (Lipinski definition) is 7. The van der Waals surface area contributed by atoms with E-state index in [1.54, 1.807) is 23.1 Å². The Bertz CT molecular complexity index is 1050. The summed E-state index contributed by atoms with van der Waals surface area (Å²) in [4.78, 5) is 5.56. The minimum atomic E-state index is -0.0219. The molecule has 0 aliphatic carbocycles. The number of aromatic nitrogens is 5. The van der Waals surface area contributed by atoms with Crippen molar-refractivity contribution in [3.63, 3.8) is 0 Å². The number of aryl methyl sites for hydroxylation is 1. The van der Waals surface area contributed by atoms with Crippen LogP contribution in [0.5, 0.6) is 0 Å². The van der Waals surface area contributed by atoms with Gasteiger partial charge < -0.3 is 9.09 Å². The van der Waals surface area contributed by atoms with Crippen LogP contribution in [-0.4, -0.2) is 24.9 Å². The summed E-state index contributed by atoms with van der Waals surface area (Å²) in [6.07, 6.45) is 1.00. The van der Waals surface area contributed by atoms with E-state index in [1.165, 1.54) is 5.56 Å². The van der Waals surface area contributed by atoms with Gasteiger partial charge in [0.15, 0.2) is 11.0 Å². The topological polar surface area (TPSA) is 69.6 Å². The normalized spacial score (nSPS) is 12.4. The van der Waals surface area contributed by atoms with Crippen molar-refractivity contribution >= 4 is 23.1 Å². The van der Waals surface area contributed by atoms with Crippen molar-refractivity contribution in [3.05, 3.63) is 53.2 Å². The molecule has 0 radical (unpaired) electrons. The smallest absolute Gasteiger partial charge is 0.240 e. The number of thioether (sulfide) groups is 1. The first-order valence-electron chi connectivity index (χ1n) is 9.20. The molecule has 4 rings (SSSR count). The summed E-state index contributed by atoms with van der Waals surface area (Å²) in [6.45, 7) is 7.15. The molecule has 1 atom stereocenters. The summed E-state index contributed by atoms with van der Waals surface area (Å²) in [5.41, 5.74) is 2.29. The third-order valence-corrected chi connectivity index (χ3v) is 6.19. The molecule has 0 fully saturated rings. The monoisotopic (exact) mass is 411 g/mol. The molecule has 144 valence electrons. The van der Waals surface area contributed by atoms with Crippen LogP contribution in [0, 0.1) is 6.92 Å². The fourth-order valence-electron chi connectivity index (χ4n) is 2.91. The second-order valence-corrected chi connectivity index (χ2v) is 8.78. The van der Waals surface area contributed by atoms with Crippen LogP contribution in [0.4, 0.5) is 0 Å². The van der Waals surface area contributed by atoms with Crippen LogP contribution in [0.2, 0.25) is 0 Å². The van der Waals surface area contributed by atoms with Gasteiger partial charge in [-0.3, -0.25) is 0 Å². The van der Waals surface area contributed by atoms with E-state index in [0.717, 1.165) is 34.4 Å². The SMILES string of the molecule is CCCn1c(SC(C)c2nc(-c3cccs3)no2)nnc1-c1cccc(C)c1. The molecule has 6 nitrogen and oxygen atoms in total. The maximum atomic E-state index is 5.50. The molecule has 4 aromatic rings. The van der Waals surface area contributed by atoms with Crippen LogP contribution in [0.3, 0.4) is 0 Å². The molecule has 0 saturated heterocycles. The van der Waals surface area contributed by atoms with Crippen LogP contribution in [-0.2, 0) is 6.54 Å². The highest BCUT2D eigenvalue weighted by Gasteiger charge is 2.21. The summed E-state index contributed by atoms with van der Waals surface area (Å²) >= 11 is 3.19. The van der Waals surface area contributed by atoms with Crippen molar-refractivity contribution in [2.24, 2.45) is 0 Å². The average molecular weight is 412 g/mol. The molecule has 0 spiro atoms. The molecular weight excluding hydrogens is 390 g/mol. The van der Waals surface area contributed by atoms with E-state index < -0.39 is 0 Å². The third-order valence-electron chi connectivity index (χ3n) is 4.25. The number of thiophene rings is 1. The van der Waals surface area contributed by atoms with Gasteiger partial charge in [0.2, 0.25) is 11.7 Å². The Morgan fingerprint density at radius 1 is 1.21 bits per heavy atom. The van der Waals surface area contributed by atoms with Gasteiger partial charge >= 0.3 is 0 Å². The largest absolute Gasteiger partial charge is 0.338 e. The summed E-state index contributed by atoms with van der Waals surface area (Å²) in [6, 6.07) is 12.3. The number of nitrogens with zero attached hydrogens (tertiary/aromatic N) is 5. The molecule has 28 heavy (non-hydrogen) atoms. The van der Waals surface area contributed by atoms with Crippen LogP contribution in [0.15, 0.2) is 51.5 Å². The fourth-order valence-corrected chi connectivity index (χ4v) is 4.47. The minimum Gasteiger partial charge on any atom is -0.338 e. The van der Waals surface area contributed by atoms with Gasteiger partial charge in [-0.15, -0.1) is 21.5 Å². The van der Waals surface area contributed by atoms with Crippen molar-refractivity contribution in [2.75, 3.05) is 0 Å². The third kappa shape index (κ3) is 3.88. The fraction of sp³-hybridized carbons (Fsp3) is 0.300. The standard InChI is InChI=1S/C20H21N5OS2/c1-4-10-25-18(15-8-5-7-13(2)12-15)22-23-20(25)28-14(3)19-21-17(24-26-19)16-9-6-11-27-16/h5-9,11-12,14H,4,10H2,1-3H3. The molecule has 0 bridgehead atoms. The van der Waals surface area contributed by atoms with E-state index in [2.05, 4.69) is 63.0 Å². The molecule has 0 amide bonds. The second-order valence-electron chi connectivity index (χ2n) is 6.52. The van der Waals surface area contributed by atoms with E-state index in [-0.39, 0.29) is 5.25 Å². The number of hydrogen-bond donors (Lipinski definition) is 0. The Balaban J connectivity index is 1.59. The van der Waals surface area contributed by atoms with E-state index in [4.69, 9.17) is 4.52 Å². The first-order valence-corrected chi connectivity index (χ1v) is 11.0. The summed E-state index contributed by atoms with van der Waals surface area (Å²) in [7, 11) is 0. The van der Waals surface area contributed by atoms with Gasteiger partial charge in [0.25, 0.3) is 0 Å². The predicted octanol–water partition coefficient (Wildman–Crippen LogP) is 5.63. The van der Waals surface area contributed by atoms with Gasteiger partial charge in [-0.05, 0) is 37.8 Å². The molecule has 0 saturated carbocycles. The Hall–Kier alpha value is -2.45. The Morgan fingerprint density at radius 3 is 2.86 bits per heavy atom. The van der Waals surface area contributed by atoms with Crippen molar-refractivity contribution in [3.8, 4) is 22.1 Å². The number of benzene rings is 1. The van der Waals surface area contributed by atoms with Gasteiger partial charge in [-0.1, -0.05) is 53.7 Å². The first kappa shape index (κ1) is 18.9. The molecule has 3 aromatic heterocycles. The summed E-state index contributed by atoms with van der Waals surface area (Å²) in [5, 5.41) is 15.9. The molecule has 1 unspecified atom stereocenters. The van der Waals surface area contributed by atoms with Crippen LogP contribution >= 0.6 is 23.1 Å². The maximum absolute atomic E-state index is 5.50. The van der Waals surface area contributed by atoms with Crippen LogP contribution in [0.1, 0.15) is 37.0 Å². The van der Waals surface area contributed by atoms with E-state index in [1.807, 2.05) is 24.4 Å². The predicted molar refractivity (Wildman–Crippen MR) is 112 cm³/mol. The second kappa shape index (κ2) is 8.28. The van der Waals surface area contributed by atoms with Crippen molar-refractivity contribution in [2.45, 2.75) is 44.1 Å². The van der Waals surface area contributed by atoms with Crippen LogP contribution in [0.25, 0.3) is 22.1 Å². The molecule has 0 N–H and O–H groups in total. The lowest BCUT2D eigenvalue weighted by atomic mass is 10.1. The lowest BCUT2D eigenvalue weighted by Gasteiger charge is -2.11. The zero-order chi connectivity index (χ0) is 19.5. The molecule has 0 aliphatic heterocycles. The van der Waals surface area contributed by atoms with E-state index in [0.29, 0.717) is 11.7 Å². The quantitative estimate of drug-likeness (QED) is 0.367. The Morgan fingerprint density at radius 2 is 2.11 bits per heavy atom. The zero-order valence-electron chi connectivity index (χ0n) is 16.0. The van der Waals surface area contributed by atoms with Gasteiger partial charge in [-0.2, -0.15) is 4.98 Å². The van der Waals surface area contributed by atoms with Gasteiger partial charge in [-0.25, -0.2) is 0 Å². The highest BCUT2D eigenvalue weighted by molar-refractivity contribution is 7.99. The van der Waals surface area contributed by atoms with Crippen LogP contribution < -0.4 is 0 Å². The molecule has 3 heterocycles. The molecular formula is C20H21N5OS2. The maximum Gasteiger partial charge on any atom is 0.240 e. The molecule has 1 aromatic carbocycles. The van der Waals surface area contributed by atoms with Crippen molar-refractivity contribution < 1.29 is 4.52 Å². The number of rotatable bonds is 7. The minimum absolute atomic E-state index is 0.0219. The highest BCUT2D eigenvalue weighted by atomic mass is 32.2. The lowest BCUT2D eigenvalue weighted by molar-refractivity contribution is 0.380. The molecule has 8 heteroatoms. The van der Waals surface area contributed by atoms with E-state index >= 15 is 0 Å². The first-order chi connectivity index (χ1) is 13.7. The van der Waals surface area contributed by atoms with Gasteiger partial charge in [0.1, 0.15) is 0 Å². The highest BCUT2D eigenvalue weighted by Crippen LogP contribution is 2.36. The van der Waals surface area contributed by atoms with Crippen molar-refractivity contribution in [1.29, 1.82) is 0 Å². The zero-order valence-corrected chi connectivity index (χ0v) is 17.6.